The van der Waals surface area contributed by atoms with Gasteiger partial charge in [0.1, 0.15) is 0 Å². The lowest BCUT2D eigenvalue weighted by Gasteiger charge is -2.39. The van der Waals surface area contributed by atoms with Crippen molar-refractivity contribution in [3.05, 3.63) is 0 Å². The molecule has 0 radical (unpaired) electrons. The van der Waals surface area contributed by atoms with Crippen LogP contribution >= 0.6 is 0 Å². The average Bonchev–Trinajstić information content (AvgIpc) is 2.30. The maximum atomic E-state index is 10.6. The molecule has 0 aromatic carbocycles. The molecule has 0 unspecified atom stereocenters. The third kappa shape index (κ3) is 3.69. The number of rotatable bonds is 3. The molecule has 2 rings (SSSR count). The summed E-state index contributed by atoms with van der Waals surface area (Å²) in [5.74, 6) is 0.771. The second kappa shape index (κ2) is 5.71. The van der Waals surface area contributed by atoms with Gasteiger partial charge in [-0.15, -0.1) is 0 Å². The monoisotopic (exact) mass is 239 g/mol. The molecule has 1 heterocycles. The second-order valence-corrected chi connectivity index (χ2v) is 6.56. The van der Waals surface area contributed by atoms with Gasteiger partial charge in [0.15, 0.2) is 0 Å². The zero-order valence-electron chi connectivity index (χ0n) is 11.6. The molecule has 2 nitrogen and oxygen atoms in total. The van der Waals surface area contributed by atoms with Gasteiger partial charge in [0.05, 0.1) is 5.60 Å². The summed E-state index contributed by atoms with van der Waals surface area (Å²) in [4.78, 5) is 2.57. The summed E-state index contributed by atoms with van der Waals surface area (Å²) >= 11 is 0. The molecule has 0 aromatic rings. The number of piperidine rings is 1. The van der Waals surface area contributed by atoms with E-state index < -0.39 is 0 Å². The van der Waals surface area contributed by atoms with E-state index in [1.807, 2.05) is 0 Å². The zero-order valence-corrected chi connectivity index (χ0v) is 11.6. The Kier molecular flexibility index (Phi) is 4.48. The molecule has 2 fully saturated rings. The van der Waals surface area contributed by atoms with Crippen molar-refractivity contribution in [3.8, 4) is 0 Å². The quantitative estimate of drug-likeness (QED) is 0.817. The molecule has 0 atom stereocenters. The third-order valence-electron chi connectivity index (χ3n) is 4.83. The van der Waals surface area contributed by atoms with E-state index in [-0.39, 0.29) is 5.60 Å². The Balaban J connectivity index is 1.77. The Labute approximate surface area is 106 Å². The Morgan fingerprint density at radius 2 is 1.71 bits per heavy atom. The Hall–Kier alpha value is -0.0800. The van der Waals surface area contributed by atoms with Crippen molar-refractivity contribution >= 4 is 0 Å². The Morgan fingerprint density at radius 3 is 2.24 bits per heavy atom. The van der Waals surface area contributed by atoms with Crippen molar-refractivity contribution in [2.75, 3.05) is 13.1 Å². The van der Waals surface area contributed by atoms with Crippen LogP contribution in [0.15, 0.2) is 0 Å². The molecule has 1 aliphatic heterocycles. The topological polar surface area (TPSA) is 23.5 Å². The van der Waals surface area contributed by atoms with E-state index in [9.17, 15) is 5.11 Å². The fraction of sp³-hybridized carbons (Fsp3) is 1.00. The van der Waals surface area contributed by atoms with Crippen molar-refractivity contribution in [2.45, 2.75) is 76.9 Å². The third-order valence-corrected chi connectivity index (χ3v) is 4.83. The van der Waals surface area contributed by atoms with Crippen LogP contribution in [0.3, 0.4) is 0 Å². The van der Waals surface area contributed by atoms with Gasteiger partial charge in [-0.25, -0.2) is 0 Å². The van der Waals surface area contributed by atoms with Gasteiger partial charge in [-0.05, 0) is 65.0 Å². The fourth-order valence-corrected chi connectivity index (χ4v) is 3.62. The predicted molar refractivity (Wildman–Crippen MR) is 72.1 cm³/mol. The van der Waals surface area contributed by atoms with Gasteiger partial charge in [0.25, 0.3) is 0 Å². The zero-order chi connectivity index (χ0) is 12.3. The maximum absolute atomic E-state index is 10.6. The highest BCUT2D eigenvalue weighted by atomic mass is 16.3. The van der Waals surface area contributed by atoms with E-state index in [1.165, 1.54) is 45.2 Å². The maximum Gasteiger partial charge on any atom is 0.0650 e. The summed E-state index contributed by atoms with van der Waals surface area (Å²) < 4.78 is 0. The van der Waals surface area contributed by atoms with Gasteiger partial charge in [-0.2, -0.15) is 0 Å². The molecule has 1 N–H and O–H groups in total. The van der Waals surface area contributed by atoms with Crippen LogP contribution < -0.4 is 0 Å². The van der Waals surface area contributed by atoms with Gasteiger partial charge >= 0.3 is 0 Å². The standard InChI is InChI=1S/C15H29NO/c1-13(2)16-10-6-14(7-11-16)12-15(17)8-4-3-5-9-15/h13-14,17H,3-12H2,1-2H3. The van der Waals surface area contributed by atoms with Crippen molar-refractivity contribution in [3.63, 3.8) is 0 Å². The first kappa shape index (κ1) is 13.4. The summed E-state index contributed by atoms with van der Waals surface area (Å²) in [6.45, 7) is 7.04. The lowest BCUT2D eigenvalue weighted by Crippen LogP contribution is -2.41. The molecule has 2 aliphatic rings. The minimum atomic E-state index is -0.303. The van der Waals surface area contributed by atoms with Gasteiger partial charge in [0.2, 0.25) is 0 Å². The van der Waals surface area contributed by atoms with Gasteiger partial charge in [0, 0.05) is 6.04 Å². The van der Waals surface area contributed by atoms with Crippen molar-refractivity contribution in [1.29, 1.82) is 0 Å². The van der Waals surface area contributed by atoms with Gasteiger partial charge in [-0.1, -0.05) is 19.3 Å². The molecular formula is C15H29NO. The van der Waals surface area contributed by atoms with E-state index in [0.29, 0.717) is 6.04 Å². The molecule has 17 heavy (non-hydrogen) atoms. The number of hydrogen-bond acceptors (Lipinski definition) is 2. The normalized spacial score (nSPS) is 27.5. The van der Waals surface area contributed by atoms with Gasteiger partial charge in [-0.3, -0.25) is 0 Å². The first-order valence-electron chi connectivity index (χ1n) is 7.55. The van der Waals surface area contributed by atoms with Crippen molar-refractivity contribution in [1.82, 2.24) is 4.90 Å². The highest BCUT2D eigenvalue weighted by molar-refractivity contribution is 4.87. The summed E-state index contributed by atoms with van der Waals surface area (Å²) in [7, 11) is 0. The molecule has 0 spiro atoms. The summed E-state index contributed by atoms with van der Waals surface area (Å²) in [6, 6.07) is 0.689. The molecule has 0 bridgehead atoms. The van der Waals surface area contributed by atoms with E-state index >= 15 is 0 Å². The number of aliphatic hydroxyl groups is 1. The van der Waals surface area contributed by atoms with Crippen molar-refractivity contribution < 1.29 is 5.11 Å². The van der Waals surface area contributed by atoms with Crippen LogP contribution in [0.2, 0.25) is 0 Å². The Morgan fingerprint density at radius 1 is 1.12 bits per heavy atom. The van der Waals surface area contributed by atoms with Crippen LogP contribution in [-0.2, 0) is 0 Å². The minimum Gasteiger partial charge on any atom is -0.390 e. The SMILES string of the molecule is CC(C)N1CCC(CC2(O)CCCCC2)CC1. The van der Waals surface area contributed by atoms with E-state index in [1.54, 1.807) is 0 Å². The lowest BCUT2D eigenvalue weighted by molar-refractivity contribution is -0.0264. The number of likely N-dealkylation sites (tertiary alicyclic amines) is 1. The lowest BCUT2D eigenvalue weighted by atomic mass is 9.76. The Bertz CT molecular complexity index is 225. The van der Waals surface area contributed by atoms with Crippen LogP contribution in [0.5, 0.6) is 0 Å². The first-order chi connectivity index (χ1) is 8.09. The highest BCUT2D eigenvalue weighted by Crippen LogP contribution is 2.36. The first-order valence-corrected chi connectivity index (χ1v) is 7.55. The molecule has 1 aliphatic carbocycles. The smallest absolute Gasteiger partial charge is 0.0650 e. The second-order valence-electron chi connectivity index (χ2n) is 6.56. The van der Waals surface area contributed by atoms with Crippen LogP contribution in [0.1, 0.15) is 65.2 Å². The molecule has 1 saturated carbocycles. The van der Waals surface area contributed by atoms with Crippen LogP contribution in [0, 0.1) is 5.92 Å². The van der Waals surface area contributed by atoms with E-state index in [4.69, 9.17) is 0 Å². The molecule has 1 saturated heterocycles. The highest BCUT2D eigenvalue weighted by Gasteiger charge is 2.33. The predicted octanol–water partition coefficient (Wildman–Crippen LogP) is 3.19. The molecular weight excluding hydrogens is 210 g/mol. The number of hydrogen-bond donors (Lipinski definition) is 1. The fourth-order valence-electron chi connectivity index (χ4n) is 3.62. The summed E-state index contributed by atoms with van der Waals surface area (Å²) in [5.41, 5.74) is -0.303. The van der Waals surface area contributed by atoms with Crippen LogP contribution in [0.25, 0.3) is 0 Å². The van der Waals surface area contributed by atoms with Crippen LogP contribution in [-0.4, -0.2) is 34.7 Å². The number of nitrogens with zero attached hydrogens (tertiary/aromatic N) is 1. The summed E-state index contributed by atoms with van der Waals surface area (Å²) in [6.07, 6.45) is 9.56. The van der Waals surface area contributed by atoms with Crippen molar-refractivity contribution in [2.24, 2.45) is 5.92 Å². The molecule has 2 heteroatoms. The average molecular weight is 239 g/mol. The van der Waals surface area contributed by atoms with Gasteiger partial charge < -0.3 is 10.0 Å². The molecule has 0 amide bonds. The summed E-state index contributed by atoms with van der Waals surface area (Å²) in [5, 5.41) is 10.6. The molecule has 100 valence electrons. The van der Waals surface area contributed by atoms with E-state index in [0.717, 1.165) is 25.2 Å². The van der Waals surface area contributed by atoms with E-state index in [2.05, 4.69) is 18.7 Å². The minimum absolute atomic E-state index is 0.303. The van der Waals surface area contributed by atoms with Crippen LogP contribution in [0.4, 0.5) is 0 Å². The molecule has 0 aromatic heterocycles. The largest absolute Gasteiger partial charge is 0.390 e.